The molecule has 0 aliphatic carbocycles. The molecule has 1 aliphatic rings. The number of anilines is 5. The summed E-state index contributed by atoms with van der Waals surface area (Å²) in [7, 11) is 3.58. The Morgan fingerprint density at radius 1 is 1.17 bits per heavy atom. The fourth-order valence-electron chi connectivity index (χ4n) is 2.91. The predicted molar refractivity (Wildman–Crippen MR) is 113 cm³/mol. The third-order valence-corrected chi connectivity index (χ3v) is 5.49. The largest absolute Gasteiger partial charge is 0.426 e. The second kappa shape index (κ2) is 7.69. The predicted octanol–water partition coefficient (Wildman–Crippen LogP) is 3.78. The van der Waals surface area contributed by atoms with Crippen LogP contribution in [0.15, 0.2) is 41.9 Å². The highest BCUT2D eigenvalue weighted by Crippen LogP contribution is 2.40. The number of carbonyl (C=O) groups is 2. The zero-order valence-electron chi connectivity index (χ0n) is 15.5. The third kappa shape index (κ3) is 3.62. The molecule has 0 radical (unpaired) electrons. The summed E-state index contributed by atoms with van der Waals surface area (Å²) in [5.74, 6) is 0.569. The number of carbonyl (C=O) groups excluding carboxylic acids is 2. The molecule has 0 atom stereocenters. The molecule has 8 nitrogen and oxygen atoms in total. The number of nitrogens with zero attached hydrogens (tertiary/aromatic N) is 4. The molecule has 2 aromatic heterocycles. The summed E-state index contributed by atoms with van der Waals surface area (Å²) < 4.78 is 5.05. The van der Waals surface area contributed by atoms with Crippen LogP contribution in [0, 0.1) is 0 Å². The molecule has 0 bridgehead atoms. The van der Waals surface area contributed by atoms with Crippen LogP contribution in [0.2, 0.25) is 0 Å². The molecule has 1 aliphatic heterocycles. The van der Waals surface area contributed by atoms with E-state index in [9.17, 15) is 9.59 Å². The Bertz CT molecular complexity index is 1090. The lowest BCUT2D eigenvalue weighted by molar-refractivity contribution is -0.131. The van der Waals surface area contributed by atoms with E-state index in [1.165, 1.54) is 11.3 Å². The van der Waals surface area contributed by atoms with Gasteiger partial charge in [-0.15, -0.1) is 22.9 Å². The number of esters is 1. The Labute approximate surface area is 175 Å². The zero-order chi connectivity index (χ0) is 20.5. The van der Waals surface area contributed by atoms with Crippen molar-refractivity contribution in [1.82, 2.24) is 9.97 Å². The van der Waals surface area contributed by atoms with Crippen molar-refractivity contribution >= 4 is 63.6 Å². The smallest absolute Gasteiger partial charge is 0.326 e. The lowest BCUT2D eigenvalue weighted by Gasteiger charge is -2.20. The summed E-state index contributed by atoms with van der Waals surface area (Å²) in [6, 6.07) is 8.67. The molecule has 0 fully saturated rings. The topological polar surface area (TPSA) is 87.7 Å². The number of benzene rings is 1. The molecule has 29 heavy (non-hydrogen) atoms. The number of nitrogens with one attached hydrogen (secondary N) is 1. The molecule has 1 amide bonds. The van der Waals surface area contributed by atoms with Gasteiger partial charge in [-0.3, -0.25) is 9.59 Å². The van der Waals surface area contributed by atoms with Crippen molar-refractivity contribution in [2.24, 2.45) is 0 Å². The van der Waals surface area contributed by atoms with E-state index in [0.29, 0.717) is 33.8 Å². The van der Waals surface area contributed by atoms with E-state index in [0.717, 1.165) is 5.69 Å². The van der Waals surface area contributed by atoms with E-state index in [2.05, 4.69) is 15.3 Å². The second-order valence-corrected chi connectivity index (χ2v) is 7.40. The number of alkyl halides is 1. The molecular weight excluding hydrogens is 414 g/mol. The van der Waals surface area contributed by atoms with E-state index < -0.39 is 5.97 Å². The molecule has 4 rings (SSSR count). The summed E-state index contributed by atoms with van der Waals surface area (Å²) in [5, 5.41) is 5.00. The van der Waals surface area contributed by atoms with Crippen molar-refractivity contribution in [2.75, 3.05) is 35.1 Å². The number of hydrogen-bond acceptors (Lipinski definition) is 8. The molecular formula is C19H16ClN5O3S. The molecule has 1 aromatic carbocycles. The van der Waals surface area contributed by atoms with Gasteiger partial charge < -0.3 is 19.9 Å². The first kappa shape index (κ1) is 19.2. The summed E-state index contributed by atoms with van der Waals surface area (Å²) in [6.07, 6.45) is 1.62. The van der Waals surface area contributed by atoms with Gasteiger partial charge >= 0.3 is 5.97 Å². The highest BCUT2D eigenvalue weighted by atomic mass is 35.5. The number of halogens is 1. The number of aromatic nitrogens is 2. The van der Waals surface area contributed by atoms with Crippen LogP contribution in [0.4, 0.5) is 28.8 Å². The van der Waals surface area contributed by atoms with Gasteiger partial charge in [-0.1, -0.05) is 0 Å². The number of hydrogen-bond donors (Lipinski definition) is 1. The van der Waals surface area contributed by atoms with Gasteiger partial charge in [-0.2, -0.15) is 4.98 Å². The van der Waals surface area contributed by atoms with Gasteiger partial charge in [0.15, 0.2) is 5.82 Å². The molecule has 0 saturated heterocycles. The minimum atomic E-state index is -0.518. The summed E-state index contributed by atoms with van der Waals surface area (Å²) in [5.41, 5.74) is 2.14. The number of rotatable bonds is 4. The molecule has 10 heteroatoms. The van der Waals surface area contributed by atoms with Gasteiger partial charge in [0.05, 0.1) is 11.9 Å². The molecule has 3 aromatic rings. The zero-order valence-corrected chi connectivity index (χ0v) is 17.1. The Kier molecular flexibility index (Phi) is 5.08. The Hall–Kier alpha value is -3.17. The quantitative estimate of drug-likeness (QED) is 0.383. The molecule has 148 valence electrons. The van der Waals surface area contributed by atoms with E-state index in [-0.39, 0.29) is 11.8 Å². The minimum Gasteiger partial charge on any atom is -0.426 e. The van der Waals surface area contributed by atoms with E-state index >= 15 is 0 Å². The van der Waals surface area contributed by atoms with Gasteiger partial charge in [0.25, 0.3) is 5.91 Å². The van der Waals surface area contributed by atoms with Crippen LogP contribution in [0.1, 0.15) is 9.67 Å². The van der Waals surface area contributed by atoms with Crippen molar-refractivity contribution in [3.63, 3.8) is 0 Å². The van der Waals surface area contributed by atoms with Crippen molar-refractivity contribution in [3.05, 3.63) is 46.8 Å². The van der Waals surface area contributed by atoms with Gasteiger partial charge in [-0.05, 0) is 35.7 Å². The normalized spacial score (nSPS) is 12.9. The first-order chi connectivity index (χ1) is 14.0. The van der Waals surface area contributed by atoms with Crippen molar-refractivity contribution in [1.29, 1.82) is 0 Å². The number of fused-ring (bicyclic) bond motifs is 2. The molecule has 3 heterocycles. The van der Waals surface area contributed by atoms with Crippen LogP contribution in [-0.2, 0) is 4.79 Å². The summed E-state index contributed by atoms with van der Waals surface area (Å²) in [4.78, 5) is 37.0. The summed E-state index contributed by atoms with van der Waals surface area (Å²) >= 11 is 6.83. The molecule has 0 saturated carbocycles. The average molecular weight is 430 g/mol. The maximum Gasteiger partial charge on any atom is 0.326 e. The lowest BCUT2D eigenvalue weighted by Crippen LogP contribution is -2.25. The molecule has 0 spiro atoms. The van der Waals surface area contributed by atoms with E-state index in [1.54, 1.807) is 42.4 Å². The highest BCUT2D eigenvalue weighted by molar-refractivity contribution is 7.12. The first-order valence-corrected chi connectivity index (χ1v) is 9.99. The van der Waals surface area contributed by atoms with Crippen LogP contribution < -0.4 is 19.9 Å². The fraction of sp³-hybridized carbons (Fsp3) is 0.158. The first-order valence-electron chi connectivity index (χ1n) is 8.58. The SMILES string of the molecule is CN1C(=O)c2sccc2N(C)c2nc(Nc3ccc(OC(=O)CCl)cc3)ncc21. The van der Waals surface area contributed by atoms with Gasteiger partial charge in [0.1, 0.15) is 22.2 Å². The van der Waals surface area contributed by atoms with Crippen LogP contribution in [0.5, 0.6) is 5.75 Å². The van der Waals surface area contributed by atoms with Crippen LogP contribution >= 0.6 is 22.9 Å². The number of ether oxygens (including phenoxy) is 1. The Morgan fingerprint density at radius 2 is 1.93 bits per heavy atom. The Morgan fingerprint density at radius 3 is 2.66 bits per heavy atom. The van der Waals surface area contributed by atoms with Crippen LogP contribution in [0.25, 0.3) is 0 Å². The number of amides is 1. The highest BCUT2D eigenvalue weighted by Gasteiger charge is 2.30. The molecule has 0 unspecified atom stereocenters. The minimum absolute atomic E-state index is 0.0907. The van der Waals surface area contributed by atoms with E-state index in [1.807, 2.05) is 23.4 Å². The van der Waals surface area contributed by atoms with Gasteiger partial charge in [0, 0.05) is 19.8 Å². The van der Waals surface area contributed by atoms with Crippen LogP contribution in [0.3, 0.4) is 0 Å². The van der Waals surface area contributed by atoms with Crippen molar-refractivity contribution < 1.29 is 14.3 Å². The Balaban J connectivity index is 1.61. The van der Waals surface area contributed by atoms with Crippen molar-refractivity contribution in [2.45, 2.75) is 0 Å². The maximum atomic E-state index is 12.7. The lowest BCUT2D eigenvalue weighted by atomic mass is 10.3. The second-order valence-electron chi connectivity index (χ2n) is 6.22. The summed E-state index contributed by atoms with van der Waals surface area (Å²) in [6.45, 7) is 0. The maximum absolute atomic E-state index is 12.7. The monoisotopic (exact) mass is 429 g/mol. The fourth-order valence-corrected chi connectivity index (χ4v) is 3.86. The van der Waals surface area contributed by atoms with Gasteiger partial charge in [0.2, 0.25) is 5.95 Å². The average Bonchev–Trinajstić information content (AvgIpc) is 3.21. The van der Waals surface area contributed by atoms with Gasteiger partial charge in [-0.25, -0.2) is 4.98 Å². The molecule has 1 N–H and O–H groups in total. The number of thiophene rings is 1. The van der Waals surface area contributed by atoms with E-state index in [4.69, 9.17) is 16.3 Å². The van der Waals surface area contributed by atoms with Crippen LogP contribution in [-0.4, -0.2) is 41.8 Å². The third-order valence-electron chi connectivity index (χ3n) is 4.39. The van der Waals surface area contributed by atoms with Crippen molar-refractivity contribution in [3.8, 4) is 5.75 Å². The standard InChI is InChI=1S/C19H16ClN5O3S/c1-24-13-7-8-29-16(13)18(27)25(2)14-10-21-19(23-17(14)24)22-11-3-5-12(6-4-11)28-15(26)9-20/h3-8,10H,9H2,1-2H3,(H,21,22,23).